The van der Waals surface area contributed by atoms with Gasteiger partial charge >= 0.3 is 0 Å². The third-order valence-electron chi connectivity index (χ3n) is 6.64. The number of hydrogen-bond acceptors (Lipinski definition) is 6. The number of aryl methyl sites for hydroxylation is 1. The van der Waals surface area contributed by atoms with Crippen LogP contribution in [0.4, 0.5) is 0 Å². The summed E-state index contributed by atoms with van der Waals surface area (Å²) in [6.45, 7) is 2.33. The van der Waals surface area contributed by atoms with Crippen LogP contribution in [0.15, 0.2) is 24.3 Å². The zero-order valence-corrected chi connectivity index (χ0v) is 19.2. The van der Waals surface area contributed by atoms with Crippen molar-refractivity contribution in [2.75, 3.05) is 26.3 Å². The van der Waals surface area contributed by atoms with Crippen LogP contribution < -0.4 is 5.32 Å². The maximum atomic E-state index is 13.3. The smallest absolute Gasteiger partial charge is 0.272 e. The van der Waals surface area contributed by atoms with Crippen molar-refractivity contribution in [3.8, 4) is 6.07 Å². The van der Waals surface area contributed by atoms with Crippen LogP contribution in [-0.2, 0) is 35.9 Å². The molecule has 1 unspecified atom stereocenters. The Kier molecular flexibility index (Phi) is 5.64. The standard InChI is InChI=1S/C23H25N5O4S/c1-27-20-18(19(26-27)21(29)25-11-16-4-2-15(10-24)3-5-16)6-9-28(22(20)30)14-23(7-8-23)33(31)17-12-32-13-17/h2-5,17H,6-9,11-14H2,1H3,(H,25,29). The van der Waals surface area contributed by atoms with Gasteiger partial charge in [-0.2, -0.15) is 10.4 Å². The molecule has 2 aromatic rings. The van der Waals surface area contributed by atoms with E-state index in [2.05, 4.69) is 16.5 Å². The fraction of sp³-hybridized carbons (Fsp3) is 0.478. The topological polar surface area (TPSA) is 123 Å². The van der Waals surface area contributed by atoms with E-state index in [9.17, 15) is 14.1 Å². The lowest BCUT2D eigenvalue weighted by molar-refractivity contribution is 0.0407. The Balaban J connectivity index is 1.27. The number of rotatable bonds is 7. The van der Waals surface area contributed by atoms with Gasteiger partial charge < -0.3 is 19.5 Å². The first-order valence-electron chi connectivity index (χ1n) is 11.0. The Morgan fingerprint density at radius 2 is 2.09 bits per heavy atom. The van der Waals surface area contributed by atoms with Gasteiger partial charge in [-0.25, -0.2) is 0 Å². The van der Waals surface area contributed by atoms with Crippen molar-refractivity contribution < 1.29 is 18.9 Å². The molecular formula is C23H25N5O4S. The Bertz CT molecular complexity index is 1130. The van der Waals surface area contributed by atoms with E-state index in [1.54, 1.807) is 36.2 Å². The van der Waals surface area contributed by atoms with E-state index >= 15 is 0 Å². The quantitative estimate of drug-likeness (QED) is 0.604. The predicted molar refractivity (Wildman–Crippen MR) is 120 cm³/mol. The second-order valence-corrected chi connectivity index (χ2v) is 11.0. The number of nitrogens with zero attached hydrogens (tertiary/aromatic N) is 4. The summed E-state index contributed by atoms with van der Waals surface area (Å²) in [5.41, 5.74) is 2.79. The highest BCUT2D eigenvalue weighted by Crippen LogP contribution is 2.47. The molecule has 172 valence electrons. The molecule has 1 N–H and O–H groups in total. The van der Waals surface area contributed by atoms with Gasteiger partial charge in [0.25, 0.3) is 11.8 Å². The number of carbonyl (C=O) groups is 2. The van der Waals surface area contributed by atoms with E-state index in [0.717, 1.165) is 18.4 Å². The first kappa shape index (κ1) is 21.9. The molecule has 1 atom stereocenters. The van der Waals surface area contributed by atoms with Gasteiger partial charge in [0.1, 0.15) is 10.4 Å². The highest BCUT2D eigenvalue weighted by atomic mass is 32.2. The van der Waals surface area contributed by atoms with Crippen LogP contribution in [-0.4, -0.2) is 67.3 Å². The lowest BCUT2D eigenvalue weighted by Gasteiger charge is -2.36. The van der Waals surface area contributed by atoms with Crippen LogP contribution in [0.25, 0.3) is 0 Å². The minimum Gasteiger partial charge on any atom is -0.616 e. The summed E-state index contributed by atoms with van der Waals surface area (Å²) in [7, 11) is 1.67. The van der Waals surface area contributed by atoms with Crippen LogP contribution in [0.3, 0.4) is 0 Å². The maximum absolute atomic E-state index is 13.3. The summed E-state index contributed by atoms with van der Waals surface area (Å²) in [6, 6.07) is 9.06. The molecule has 2 aliphatic heterocycles. The number of hydrogen-bond donors (Lipinski definition) is 1. The SMILES string of the molecule is Cn1nc(C(=O)NCc2ccc(C#N)cc2)c2c1C(=O)N(CC1([S+]([O-])C3COC3)CC1)CC2. The third-order valence-corrected chi connectivity index (χ3v) is 8.91. The average molecular weight is 468 g/mol. The van der Waals surface area contributed by atoms with Gasteiger partial charge in [-0.3, -0.25) is 14.3 Å². The van der Waals surface area contributed by atoms with Gasteiger partial charge in [0, 0.05) is 38.5 Å². The number of aromatic nitrogens is 2. The first-order valence-corrected chi connectivity index (χ1v) is 12.2. The molecule has 5 rings (SSSR count). The van der Waals surface area contributed by atoms with Crippen LogP contribution in [0, 0.1) is 11.3 Å². The first-order chi connectivity index (χ1) is 15.9. The van der Waals surface area contributed by atoms with Crippen molar-refractivity contribution in [1.29, 1.82) is 5.26 Å². The number of fused-ring (bicyclic) bond motifs is 1. The van der Waals surface area contributed by atoms with E-state index in [1.807, 2.05) is 0 Å². The van der Waals surface area contributed by atoms with Gasteiger partial charge in [0.05, 0.1) is 31.4 Å². The lowest BCUT2D eigenvalue weighted by Crippen LogP contribution is -2.52. The van der Waals surface area contributed by atoms with Crippen molar-refractivity contribution in [2.45, 2.75) is 35.8 Å². The summed E-state index contributed by atoms with van der Waals surface area (Å²) in [6.07, 6.45) is 2.26. The average Bonchev–Trinajstić information content (AvgIpc) is 3.49. The van der Waals surface area contributed by atoms with Crippen molar-refractivity contribution in [3.05, 3.63) is 52.3 Å². The molecule has 33 heavy (non-hydrogen) atoms. The summed E-state index contributed by atoms with van der Waals surface area (Å²) < 4.78 is 19.3. The summed E-state index contributed by atoms with van der Waals surface area (Å²) in [4.78, 5) is 27.9. The number of amides is 2. The van der Waals surface area contributed by atoms with Gasteiger partial charge in [-0.05, 0) is 35.3 Å². The number of nitrogens with one attached hydrogen (secondary N) is 1. The van der Waals surface area contributed by atoms with Crippen molar-refractivity contribution >= 4 is 23.0 Å². The number of nitriles is 1. The number of ether oxygens (including phenoxy) is 1. The molecule has 0 radical (unpaired) electrons. The molecular weight excluding hydrogens is 442 g/mol. The molecule has 1 saturated heterocycles. The van der Waals surface area contributed by atoms with E-state index in [1.165, 1.54) is 4.68 Å². The molecule has 0 spiro atoms. The fourth-order valence-electron chi connectivity index (χ4n) is 4.47. The van der Waals surface area contributed by atoms with E-state index in [4.69, 9.17) is 10.00 Å². The molecule has 9 nitrogen and oxygen atoms in total. The Hall–Kier alpha value is -2.87. The normalized spacial score (nSPS) is 19.9. The minimum atomic E-state index is -1.01. The summed E-state index contributed by atoms with van der Waals surface area (Å²) in [5, 5.41) is 16.2. The van der Waals surface area contributed by atoms with E-state index < -0.39 is 11.2 Å². The van der Waals surface area contributed by atoms with Gasteiger partial charge in [-0.15, -0.1) is 0 Å². The van der Waals surface area contributed by atoms with Crippen LogP contribution in [0.2, 0.25) is 0 Å². The molecule has 1 aliphatic carbocycles. The van der Waals surface area contributed by atoms with Crippen molar-refractivity contribution in [2.24, 2.45) is 7.05 Å². The molecule has 0 bridgehead atoms. The molecule has 2 fully saturated rings. The Morgan fingerprint density at radius 3 is 2.70 bits per heavy atom. The highest BCUT2D eigenvalue weighted by molar-refractivity contribution is 7.93. The van der Waals surface area contributed by atoms with Crippen molar-refractivity contribution in [1.82, 2.24) is 20.0 Å². The third kappa shape index (κ3) is 4.01. The fourth-order valence-corrected chi connectivity index (χ4v) is 6.40. The Labute approximate surface area is 194 Å². The Morgan fingerprint density at radius 1 is 1.36 bits per heavy atom. The molecule has 3 heterocycles. The molecule has 1 saturated carbocycles. The second-order valence-electron chi connectivity index (χ2n) is 8.91. The van der Waals surface area contributed by atoms with E-state index in [0.29, 0.717) is 56.1 Å². The summed E-state index contributed by atoms with van der Waals surface area (Å²) in [5.74, 6) is -0.493. The zero-order valence-electron chi connectivity index (χ0n) is 18.4. The lowest BCUT2D eigenvalue weighted by atomic mass is 10.0. The van der Waals surface area contributed by atoms with Crippen LogP contribution in [0.1, 0.15) is 50.5 Å². The maximum Gasteiger partial charge on any atom is 0.272 e. The molecule has 10 heteroatoms. The largest absolute Gasteiger partial charge is 0.616 e. The molecule has 3 aliphatic rings. The van der Waals surface area contributed by atoms with E-state index in [-0.39, 0.29) is 27.5 Å². The number of carbonyl (C=O) groups excluding carboxylic acids is 2. The van der Waals surface area contributed by atoms with Crippen LogP contribution in [0.5, 0.6) is 0 Å². The molecule has 1 aromatic heterocycles. The summed E-state index contributed by atoms with van der Waals surface area (Å²) >= 11 is -1.01. The minimum absolute atomic E-state index is 0.0751. The second kappa shape index (κ2) is 8.48. The van der Waals surface area contributed by atoms with Gasteiger partial charge in [0.15, 0.2) is 10.9 Å². The van der Waals surface area contributed by atoms with Gasteiger partial charge in [-0.1, -0.05) is 12.1 Å². The molecule has 1 aromatic carbocycles. The van der Waals surface area contributed by atoms with Crippen LogP contribution >= 0.6 is 0 Å². The van der Waals surface area contributed by atoms with Crippen molar-refractivity contribution in [3.63, 3.8) is 0 Å². The monoisotopic (exact) mass is 467 g/mol. The predicted octanol–water partition coefficient (Wildman–Crippen LogP) is 0.900. The number of benzene rings is 1. The molecule has 2 amide bonds. The highest BCUT2D eigenvalue weighted by Gasteiger charge is 2.59. The van der Waals surface area contributed by atoms with Gasteiger partial charge in [0.2, 0.25) is 0 Å². The zero-order chi connectivity index (χ0) is 23.2.